The van der Waals surface area contributed by atoms with Gasteiger partial charge in [0.2, 0.25) is 5.96 Å². The van der Waals surface area contributed by atoms with Crippen molar-refractivity contribution in [3.63, 3.8) is 0 Å². The molecule has 0 aromatic rings. The van der Waals surface area contributed by atoms with E-state index >= 15 is 0 Å². The molecule has 0 rings (SSSR count). The van der Waals surface area contributed by atoms with Crippen molar-refractivity contribution in [2.45, 2.75) is 6.42 Å². The van der Waals surface area contributed by atoms with Gasteiger partial charge in [0, 0.05) is 6.54 Å². The summed E-state index contributed by atoms with van der Waals surface area (Å²) in [6.07, 6.45) is 0.836. The molecule has 0 saturated heterocycles. The molecule has 0 aromatic heterocycles. The molecule has 0 amide bonds. The van der Waals surface area contributed by atoms with Crippen molar-refractivity contribution in [3.8, 4) is 0 Å². The van der Waals surface area contributed by atoms with Gasteiger partial charge in [-0.1, -0.05) is 0 Å². The molecule has 7 N–H and O–H groups in total. The first-order valence-electron chi connectivity index (χ1n) is 2.78. The molecule has 0 heterocycles. The Kier molecular flexibility index (Phi) is 4.85. The van der Waals surface area contributed by atoms with E-state index < -0.39 is 0 Å². The molecule has 54 valence electrons. The van der Waals surface area contributed by atoms with Gasteiger partial charge in [0.25, 0.3) is 0 Å². The average molecular weight is 131 g/mol. The monoisotopic (exact) mass is 131 g/mol. The van der Waals surface area contributed by atoms with Crippen LogP contribution < -0.4 is 22.7 Å². The number of guanidine groups is 1. The number of aliphatic imine (C=N–C) groups is 1. The van der Waals surface area contributed by atoms with Crippen molar-refractivity contribution in [2.24, 2.45) is 22.3 Å². The minimum atomic E-state index is 0.253. The molecule has 0 radical (unpaired) electrons. The largest absolute Gasteiger partial charge is 0.369 e. The van der Waals surface area contributed by atoms with Gasteiger partial charge < -0.3 is 11.5 Å². The second-order valence-electron chi connectivity index (χ2n) is 1.55. The van der Waals surface area contributed by atoms with E-state index in [0.717, 1.165) is 6.42 Å². The van der Waals surface area contributed by atoms with E-state index in [1.54, 1.807) is 0 Å². The number of nitrogens with two attached hydrogens (primary N) is 3. The lowest BCUT2D eigenvalue weighted by atomic mass is 10.4. The normalized spacial score (nSPS) is 11.6. The van der Waals surface area contributed by atoms with Crippen LogP contribution in [0.5, 0.6) is 0 Å². The summed E-state index contributed by atoms with van der Waals surface area (Å²) in [5.74, 6) is 5.17. The van der Waals surface area contributed by atoms with Crippen molar-refractivity contribution in [1.82, 2.24) is 5.43 Å². The zero-order chi connectivity index (χ0) is 7.11. The Morgan fingerprint density at radius 2 is 2.22 bits per heavy atom. The number of hydrogen-bond donors (Lipinski definition) is 4. The maximum atomic E-state index is 5.19. The zero-order valence-corrected chi connectivity index (χ0v) is 5.30. The van der Waals surface area contributed by atoms with E-state index in [-0.39, 0.29) is 5.96 Å². The van der Waals surface area contributed by atoms with Gasteiger partial charge in [-0.25, -0.2) is 5.84 Å². The lowest BCUT2D eigenvalue weighted by molar-refractivity contribution is 0.833. The summed E-state index contributed by atoms with van der Waals surface area (Å²) in [6.45, 7) is 1.26. The predicted molar refractivity (Wildman–Crippen MR) is 37.5 cm³/mol. The third-order valence-electron chi connectivity index (χ3n) is 0.792. The van der Waals surface area contributed by atoms with Crippen LogP contribution in [0.3, 0.4) is 0 Å². The van der Waals surface area contributed by atoms with Gasteiger partial charge >= 0.3 is 0 Å². The standard InChI is InChI=1S/C4H13N5/c5-2-1-3-8-4(6)9-7/h1-3,5,7H2,(H3,6,8,9). The molecule has 5 nitrogen and oxygen atoms in total. The van der Waals surface area contributed by atoms with Crippen LogP contribution in [-0.2, 0) is 0 Å². The summed E-state index contributed by atoms with van der Waals surface area (Å²) in [4.78, 5) is 3.81. The highest BCUT2D eigenvalue weighted by Gasteiger charge is 1.82. The van der Waals surface area contributed by atoms with Crippen molar-refractivity contribution in [3.05, 3.63) is 0 Å². The molecule has 0 spiro atoms. The van der Waals surface area contributed by atoms with Crippen LogP contribution in [0.15, 0.2) is 4.99 Å². The quantitative estimate of drug-likeness (QED) is 0.118. The van der Waals surface area contributed by atoms with Crippen molar-refractivity contribution in [2.75, 3.05) is 13.1 Å². The maximum Gasteiger partial charge on any atom is 0.203 e. The Hall–Kier alpha value is -0.810. The summed E-state index contributed by atoms with van der Waals surface area (Å²) in [5, 5.41) is 0. The van der Waals surface area contributed by atoms with Gasteiger partial charge in [0.05, 0.1) is 0 Å². The highest BCUT2D eigenvalue weighted by Crippen LogP contribution is 1.74. The molecule has 0 fully saturated rings. The van der Waals surface area contributed by atoms with Crippen molar-refractivity contribution in [1.29, 1.82) is 0 Å². The van der Waals surface area contributed by atoms with Crippen LogP contribution >= 0.6 is 0 Å². The fraction of sp³-hybridized carbons (Fsp3) is 0.750. The smallest absolute Gasteiger partial charge is 0.203 e. The molecule has 0 aliphatic carbocycles. The number of nitrogens with zero attached hydrogens (tertiary/aromatic N) is 1. The molecule has 9 heavy (non-hydrogen) atoms. The molecule has 0 unspecified atom stereocenters. The van der Waals surface area contributed by atoms with Crippen LogP contribution in [0.2, 0.25) is 0 Å². The molecule has 0 aromatic carbocycles. The van der Waals surface area contributed by atoms with Crippen molar-refractivity contribution >= 4 is 5.96 Å². The number of nitrogens with one attached hydrogen (secondary N) is 1. The summed E-state index contributed by atoms with van der Waals surface area (Å²) in [5.41, 5.74) is 12.6. The SMILES string of the molecule is NCCCN=C(N)NN. The minimum Gasteiger partial charge on any atom is -0.369 e. The summed E-state index contributed by atoms with van der Waals surface area (Å²) in [7, 11) is 0. The molecular weight excluding hydrogens is 118 g/mol. The highest BCUT2D eigenvalue weighted by atomic mass is 15.3. The maximum absolute atomic E-state index is 5.19. The first-order chi connectivity index (χ1) is 4.31. The van der Waals surface area contributed by atoms with Gasteiger partial charge in [-0.05, 0) is 13.0 Å². The van der Waals surface area contributed by atoms with Gasteiger partial charge in [-0.15, -0.1) is 0 Å². The van der Waals surface area contributed by atoms with E-state index in [9.17, 15) is 0 Å². The van der Waals surface area contributed by atoms with Crippen LogP contribution in [0.1, 0.15) is 6.42 Å². The summed E-state index contributed by atoms with van der Waals surface area (Å²) < 4.78 is 0. The predicted octanol–water partition coefficient (Wildman–Crippen LogP) is -1.89. The summed E-state index contributed by atoms with van der Waals surface area (Å²) >= 11 is 0. The average Bonchev–Trinajstić information content (AvgIpc) is 1.89. The first kappa shape index (κ1) is 8.19. The van der Waals surface area contributed by atoms with Crippen LogP contribution in [0.4, 0.5) is 0 Å². The second-order valence-corrected chi connectivity index (χ2v) is 1.55. The number of rotatable bonds is 3. The molecule has 0 saturated carbocycles. The van der Waals surface area contributed by atoms with Gasteiger partial charge in [-0.3, -0.25) is 10.4 Å². The molecular formula is C4H13N5. The molecule has 0 aliphatic heterocycles. The van der Waals surface area contributed by atoms with E-state index in [0.29, 0.717) is 13.1 Å². The first-order valence-corrected chi connectivity index (χ1v) is 2.78. The summed E-state index contributed by atoms with van der Waals surface area (Å²) in [6, 6.07) is 0. The van der Waals surface area contributed by atoms with E-state index in [1.807, 2.05) is 0 Å². The van der Waals surface area contributed by atoms with Crippen LogP contribution in [0, 0.1) is 0 Å². The third-order valence-corrected chi connectivity index (χ3v) is 0.792. The van der Waals surface area contributed by atoms with E-state index in [4.69, 9.17) is 17.3 Å². The Bertz CT molecular complexity index is 89.0. The third kappa shape index (κ3) is 5.05. The van der Waals surface area contributed by atoms with Crippen molar-refractivity contribution < 1.29 is 0 Å². The highest BCUT2D eigenvalue weighted by molar-refractivity contribution is 5.76. The molecule has 0 bridgehead atoms. The lowest BCUT2D eigenvalue weighted by Crippen LogP contribution is -2.37. The Morgan fingerprint density at radius 1 is 1.56 bits per heavy atom. The Labute approximate surface area is 54.3 Å². The fourth-order valence-electron chi connectivity index (χ4n) is 0.336. The number of hydrazine groups is 1. The van der Waals surface area contributed by atoms with Crippen LogP contribution in [-0.4, -0.2) is 19.0 Å². The Balaban J connectivity index is 3.21. The fourth-order valence-corrected chi connectivity index (χ4v) is 0.336. The second kappa shape index (κ2) is 5.33. The van der Waals surface area contributed by atoms with Gasteiger partial charge in [-0.2, -0.15) is 0 Å². The molecule has 0 atom stereocenters. The molecule has 0 aliphatic rings. The Morgan fingerprint density at radius 3 is 2.67 bits per heavy atom. The van der Waals surface area contributed by atoms with Crippen LogP contribution in [0.25, 0.3) is 0 Å². The number of hydrogen-bond acceptors (Lipinski definition) is 3. The van der Waals surface area contributed by atoms with Gasteiger partial charge in [0.15, 0.2) is 0 Å². The zero-order valence-electron chi connectivity index (χ0n) is 5.30. The lowest BCUT2D eigenvalue weighted by Gasteiger charge is -1.95. The van der Waals surface area contributed by atoms with E-state index in [1.165, 1.54) is 0 Å². The molecule has 5 heteroatoms. The topological polar surface area (TPSA) is 102 Å². The van der Waals surface area contributed by atoms with E-state index in [2.05, 4.69) is 10.4 Å². The van der Waals surface area contributed by atoms with Gasteiger partial charge in [0.1, 0.15) is 0 Å². The minimum absolute atomic E-state index is 0.253.